The summed E-state index contributed by atoms with van der Waals surface area (Å²) in [5.74, 6) is 0.143. The highest BCUT2D eigenvalue weighted by Gasteiger charge is 2.49. The van der Waals surface area contributed by atoms with E-state index in [1.54, 1.807) is 12.1 Å². The van der Waals surface area contributed by atoms with Crippen LogP contribution in [0.4, 0.5) is 10.1 Å². The molecule has 3 heteroatoms. The Bertz CT molecular complexity index is 742. The number of benzene rings is 2. The van der Waals surface area contributed by atoms with Gasteiger partial charge in [0.2, 0.25) is 5.91 Å². The van der Waals surface area contributed by atoms with Crippen molar-refractivity contribution in [3.05, 3.63) is 65.5 Å². The highest BCUT2D eigenvalue weighted by molar-refractivity contribution is 6.06. The van der Waals surface area contributed by atoms with Crippen molar-refractivity contribution in [2.45, 2.75) is 37.0 Å². The quantitative estimate of drug-likeness (QED) is 0.831. The molecule has 0 aromatic heterocycles. The molecule has 0 saturated heterocycles. The molecule has 1 saturated carbocycles. The second kappa shape index (κ2) is 4.94. The molecule has 0 bridgehead atoms. The normalized spacial score (nSPS) is 26.8. The van der Waals surface area contributed by atoms with Crippen LogP contribution in [0.5, 0.6) is 0 Å². The summed E-state index contributed by atoms with van der Waals surface area (Å²) in [6.07, 6.45) is 3.64. The van der Waals surface area contributed by atoms with Crippen molar-refractivity contribution >= 4 is 11.6 Å². The summed E-state index contributed by atoms with van der Waals surface area (Å²) < 4.78 is 13.5. The Morgan fingerprint density at radius 2 is 2.00 bits per heavy atom. The third-order valence-corrected chi connectivity index (χ3v) is 5.20. The molecule has 1 spiro atoms. The van der Waals surface area contributed by atoms with Gasteiger partial charge in [0.1, 0.15) is 5.82 Å². The molecule has 2 unspecified atom stereocenters. The third kappa shape index (κ3) is 1.96. The fourth-order valence-electron chi connectivity index (χ4n) is 4.14. The zero-order chi connectivity index (χ0) is 15.2. The maximum Gasteiger partial charge on any atom is 0.235 e. The summed E-state index contributed by atoms with van der Waals surface area (Å²) in [4.78, 5) is 12.7. The Morgan fingerprint density at radius 3 is 2.86 bits per heavy atom. The summed E-state index contributed by atoms with van der Waals surface area (Å²) in [6.45, 7) is 0. The highest BCUT2D eigenvalue weighted by atomic mass is 19.1. The van der Waals surface area contributed by atoms with E-state index < -0.39 is 5.41 Å². The van der Waals surface area contributed by atoms with Crippen molar-refractivity contribution in [3.63, 3.8) is 0 Å². The van der Waals surface area contributed by atoms with E-state index in [0.29, 0.717) is 0 Å². The first-order valence-corrected chi connectivity index (χ1v) is 7.85. The van der Waals surface area contributed by atoms with E-state index in [9.17, 15) is 9.18 Å². The second-order valence-electron chi connectivity index (χ2n) is 6.43. The average Bonchev–Trinajstić information content (AvgIpc) is 2.80. The molecule has 2 nitrogen and oxygen atoms in total. The predicted octanol–water partition coefficient (Wildman–Crippen LogP) is 4.37. The Morgan fingerprint density at radius 1 is 1.14 bits per heavy atom. The number of halogens is 1. The summed E-state index contributed by atoms with van der Waals surface area (Å²) in [7, 11) is 0. The van der Waals surface area contributed by atoms with Gasteiger partial charge in [-0.3, -0.25) is 4.79 Å². The predicted molar refractivity (Wildman–Crippen MR) is 84.4 cm³/mol. The molecule has 1 amide bonds. The smallest absolute Gasteiger partial charge is 0.235 e. The highest BCUT2D eigenvalue weighted by Crippen LogP contribution is 2.51. The first kappa shape index (κ1) is 13.5. The molecule has 1 aliphatic carbocycles. The number of hydrogen-bond acceptors (Lipinski definition) is 1. The monoisotopic (exact) mass is 295 g/mol. The Hall–Kier alpha value is -2.16. The molecule has 22 heavy (non-hydrogen) atoms. The zero-order valence-electron chi connectivity index (χ0n) is 12.3. The number of carbonyl (C=O) groups excluding carboxylic acids is 1. The van der Waals surface area contributed by atoms with E-state index in [-0.39, 0.29) is 17.6 Å². The van der Waals surface area contributed by atoms with Gasteiger partial charge in [-0.1, -0.05) is 36.8 Å². The van der Waals surface area contributed by atoms with E-state index in [1.165, 1.54) is 6.07 Å². The van der Waals surface area contributed by atoms with E-state index in [0.717, 1.165) is 42.5 Å². The van der Waals surface area contributed by atoms with E-state index in [2.05, 4.69) is 11.4 Å². The second-order valence-corrected chi connectivity index (χ2v) is 6.43. The molecular weight excluding hydrogens is 277 g/mol. The van der Waals surface area contributed by atoms with Crippen LogP contribution >= 0.6 is 0 Å². The van der Waals surface area contributed by atoms with E-state index in [4.69, 9.17) is 0 Å². The maximum atomic E-state index is 13.5. The fraction of sp³-hybridized carbons (Fsp3) is 0.316. The molecule has 1 fully saturated rings. The molecular formula is C19H18FNO. The van der Waals surface area contributed by atoms with E-state index >= 15 is 0 Å². The number of rotatable bonds is 1. The van der Waals surface area contributed by atoms with Gasteiger partial charge in [0.05, 0.1) is 5.41 Å². The van der Waals surface area contributed by atoms with Crippen LogP contribution in [0.2, 0.25) is 0 Å². The Balaban J connectivity index is 1.73. The summed E-state index contributed by atoms with van der Waals surface area (Å²) in [5, 5.41) is 3.03. The molecule has 4 rings (SSSR count). The average molecular weight is 295 g/mol. The minimum Gasteiger partial charge on any atom is -0.325 e. The number of carbonyl (C=O) groups is 1. The molecule has 1 aliphatic heterocycles. The van der Waals surface area contributed by atoms with Gasteiger partial charge >= 0.3 is 0 Å². The van der Waals surface area contributed by atoms with Crippen LogP contribution in [0.3, 0.4) is 0 Å². The van der Waals surface area contributed by atoms with Gasteiger partial charge in [-0.05, 0) is 54.5 Å². The fourth-order valence-corrected chi connectivity index (χ4v) is 4.14. The van der Waals surface area contributed by atoms with Crippen LogP contribution < -0.4 is 5.32 Å². The lowest BCUT2D eigenvalue weighted by Gasteiger charge is -2.36. The summed E-state index contributed by atoms with van der Waals surface area (Å²) in [6, 6.07) is 14.8. The SMILES string of the molecule is O=C1Nc2ccccc2C12CCCC(c1cccc(F)c1)C2. The van der Waals surface area contributed by atoms with Crippen molar-refractivity contribution in [2.75, 3.05) is 5.32 Å². The molecule has 112 valence electrons. The first-order chi connectivity index (χ1) is 10.7. The lowest BCUT2D eigenvalue weighted by molar-refractivity contribution is -0.122. The standard InChI is InChI=1S/C19H18FNO/c20-15-7-3-5-13(11-15)14-6-4-10-19(12-14)16-8-1-2-9-17(16)21-18(19)22/h1-3,5,7-9,11,14H,4,6,10,12H2,(H,21,22). The van der Waals surface area contributed by atoms with Gasteiger partial charge in [0.15, 0.2) is 0 Å². The number of anilines is 1. The van der Waals surface area contributed by atoms with Crippen molar-refractivity contribution in [2.24, 2.45) is 0 Å². The van der Waals surface area contributed by atoms with E-state index in [1.807, 2.05) is 24.3 Å². The van der Waals surface area contributed by atoms with Gasteiger partial charge in [0.25, 0.3) is 0 Å². The van der Waals surface area contributed by atoms with Gasteiger partial charge in [-0.25, -0.2) is 4.39 Å². The molecule has 2 aromatic carbocycles. The number of nitrogens with one attached hydrogen (secondary N) is 1. The maximum absolute atomic E-state index is 13.5. The van der Waals surface area contributed by atoms with Crippen molar-refractivity contribution < 1.29 is 9.18 Å². The minimum absolute atomic E-state index is 0.106. The molecule has 2 atom stereocenters. The number of fused-ring (bicyclic) bond motifs is 2. The van der Waals surface area contributed by atoms with Crippen LogP contribution in [-0.2, 0) is 10.2 Å². The zero-order valence-corrected chi connectivity index (χ0v) is 12.3. The molecule has 1 N–H and O–H groups in total. The summed E-state index contributed by atoms with van der Waals surface area (Å²) >= 11 is 0. The van der Waals surface area contributed by atoms with Crippen molar-refractivity contribution in [3.8, 4) is 0 Å². The van der Waals surface area contributed by atoms with Crippen LogP contribution in [0.15, 0.2) is 48.5 Å². The van der Waals surface area contributed by atoms with Crippen LogP contribution in [0.1, 0.15) is 42.7 Å². The molecule has 2 aromatic rings. The largest absolute Gasteiger partial charge is 0.325 e. The lowest BCUT2D eigenvalue weighted by Crippen LogP contribution is -2.38. The van der Waals surface area contributed by atoms with Gasteiger partial charge in [-0.15, -0.1) is 0 Å². The molecule has 0 radical (unpaired) electrons. The molecule has 1 heterocycles. The Kier molecular flexibility index (Phi) is 3.03. The number of para-hydroxylation sites is 1. The topological polar surface area (TPSA) is 29.1 Å². The third-order valence-electron chi connectivity index (χ3n) is 5.20. The van der Waals surface area contributed by atoms with Gasteiger partial charge < -0.3 is 5.32 Å². The number of hydrogen-bond donors (Lipinski definition) is 1. The van der Waals surface area contributed by atoms with Crippen LogP contribution in [0, 0.1) is 5.82 Å². The van der Waals surface area contributed by atoms with Crippen molar-refractivity contribution in [1.82, 2.24) is 0 Å². The van der Waals surface area contributed by atoms with Crippen molar-refractivity contribution in [1.29, 1.82) is 0 Å². The van der Waals surface area contributed by atoms with Gasteiger partial charge in [-0.2, -0.15) is 0 Å². The van der Waals surface area contributed by atoms with Crippen LogP contribution in [0.25, 0.3) is 0 Å². The summed E-state index contributed by atoms with van der Waals surface area (Å²) in [5.41, 5.74) is 2.62. The lowest BCUT2D eigenvalue weighted by atomic mass is 9.65. The Labute approximate surface area is 129 Å². The molecule has 2 aliphatic rings. The van der Waals surface area contributed by atoms with Crippen LogP contribution in [-0.4, -0.2) is 5.91 Å². The first-order valence-electron chi connectivity index (χ1n) is 7.85. The van der Waals surface area contributed by atoms with Gasteiger partial charge in [0, 0.05) is 5.69 Å². The minimum atomic E-state index is -0.439. The number of amides is 1.